The minimum atomic E-state index is -1.03. The number of aliphatic carboxylic acids is 1. The van der Waals surface area contributed by atoms with Gasteiger partial charge in [0, 0.05) is 23.6 Å². The monoisotopic (exact) mass is 316 g/mol. The van der Waals surface area contributed by atoms with Crippen molar-refractivity contribution in [2.75, 3.05) is 11.9 Å². The Balaban J connectivity index is 2.07. The molecule has 0 unspecified atom stereocenters. The number of carbonyl (C=O) groups is 2. The summed E-state index contributed by atoms with van der Waals surface area (Å²) in [7, 11) is 0. The second-order valence-corrected chi connectivity index (χ2v) is 5.19. The number of carbonyl (C=O) groups excluding carboxylic acids is 1. The topological polar surface area (TPSA) is 80.6 Å². The third-order valence-electron chi connectivity index (χ3n) is 3.61. The van der Waals surface area contributed by atoms with E-state index in [1.807, 2.05) is 26.8 Å². The largest absolute Gasteiger partial charge is 0.482 e. The summed E-state index contributed by atoms with van der Waals surface area (Å²) in [5.74, 6) is -0.764. The number of hydrogen-bond acceptors (Lipinski definition) is 3. The van der Waals surface area contributed by atoms with Crippen molar-refractivity contribution in [3.8, 4) is 5.75 Å². The molecule has 23 heavy (non-hydrogen) atoms. The average Bonchev–Trinajstić information content (AvgIpc) is 2.80. The first-order valence-corrected chi connectivity index (χ1v) is 7.35. The summed E-state index contributed by atoms with van der Waals surface area (Å²) in [6.07, 6.45) is 0. The zero-order valence-electron chi connectivity index (χ0n) is 13.4. The molecule has 1 aromatic heterocycles. The molecular formula is C17H20N2O4. The van der Waals surface area contributed by atoms with Gasteiger partial charge in [0.1, 0.15) is 5.75 Å². The van der Waals surface area contributed by atoms with Gasteiger partial charge in [-0.3, -0.25) is 4.79 Å². The first kappa shape index (κ1) is 16.6. The molecule has 6 heteroatoms. The van der Waals surface area contributed by atoms with E-state index in [1.165, 1.54) is 0 Å². The Bertz CT molecular complexity index is 717. The first-order valence-electron chi connectivity index (χ1n) is 7.35. The molecule has 0 atom stereocenters. The van der Waals surface area contributed by atoms with Crippen LogP contribution in [-0.4, -0.2) is 28.2 Å². The summed E-state index contributed by atoms with van der Waals surface area (Å²) in [6, 6.07) is 8.46. The lowest BCUT2D eigenvalue weighted by Gasteiger charge is -2.08. The molecule has 0 bridgehead atoms. The van der Waals surface area contributed by atoms with Gasteiger partial charge in [0.2, 0.25) is 0 Å². The molecule has 0 spiro atoms. The zero-order chi connectivity index (χ0) is 17.0. The van der Waals surface area contributed by atoms with Gasteiger partial charge in [0.15, 0.2) is 6.61 Å². The normalized spacial score (nSPS) is 10.4. The van der Waals surface area contributed by atoms with E-state index in [0.717, 1.165) is 17.9 Å². The van der Waals surface area contributed by atoms with Gasteiger partial charge >= 0.3 is 5.97 Å². The Labute approximate surface area is 134 Å². The van der Waals surface area contributed by atoms with Crippen molar-refractivity contribution in [2.24, 2.45) is 0 Å². The number of ether oxygens (including phenoxy) is 1. The molecule has 0 saturated heterocycles. The van der Waals surface area contributed by atoms with Gasteiger partial charge < -0.3 is 19.7 Å². The van der Waals surface area contributed by atoms with Crippen molar-refractivity contribution in [1.29, 1.82) is 0 Å². The first-order chi connectivity index (χ1) is 10.9. The predicted molar refractivity (Wildman–Crippen MR) is 87.1 cm³/mol. The lowest BCUT2D eigenvalue weighted by Crippen LogP contribution is -2.13. The van der Waals surface area contributed by atoms with Gasteiger partial charge in [0.05, 0.1) is 5.56 Å². The summed E-state index contributed by atoms with van der Waals surface area (Å²) >= 11 is 0. The highest BCUT2D eigenvalue weighted by molar-refractivity contribution is 6.05. The molecular weight excluding hydrogens is 296 g/mol. The molecule has 122 valence electrons. The van der Waals surface area contributed by atoms with E-state index in [2.05, 4.69) is 9.88 Å². The lowest BCUT2D eigenvalue weighted by atomic mass is 10.2. The van der Waals surface area contributed by atoms with Crippen LogP contribution in [0.1, 0.15) is 28.7 Å². The predicted octanol–water partition coefficient (Wildman–Crippen LogP) is 2.84. The summed E-state index contributed by atoms with van der Waals surface area (Å²) in [5, 5.41) is 11.4. The molecule has 1 amide bonds. The van der Waals surface area contributed by atoms with E-state index in [1.54, 1.807) is 24.3 Å². The van der Waals surface area contributed by atoms with Crippen LogP contribution in [0.2, 0.25) is 0 Å². The Morgan fingerprint density at radius 2 is 1.87 bits per heavy atom. The maximum Gasteiger partial charge on any atom is 0.341 e. The van der Waals surface area contributed by atoms with Crippen molar-refractivity contribution in [1.82, 2.24) is 4.57 Å². The quantitative estimate of drug-likeness (QED) is 0.858. The van der Waals surface area contributed by atoms with E-state index in [4.69, 9.17) is 9.84 Å². The molecule has 0 aliphatic carbocycles. The van der Waals surface area contributed by atoms with Gasteiger partial charge in [-0.1, -0.05) is 0 Å². The van der Waals surface area contributed by atoms with Gasteiger partial charge in [-0.05, 0) is 51.1 Å². The maximum atomic E-state index is 12.4. The van der Waals surface area contributed by atoms with Crippen LogP contribution in [0.4, 0.5) is 5.69 Å². The summed E-state index contributed by atoms with van der Waals surface area (Å²) < 4.78 is 7.13. The van der Waals surface area contributed by atoms with Crippen LogP contribution in [0.5, 0.6) is 5.75 Å². The van der Waals surface area contributed by atoms with Crippen LogP contribution < -0.4 is 10.1 Å². The van der Waals surface area contributed by atoms with Gasteiger partial charge in [-0.25, -0.2) is 4.79 Å². The molecule has 1 aromatic carbocycles. The van der Waals surface area contributed by atoms with Crippen molar-refractivity contribution in [2.45, 2.75) is 27.3 Å². The van der Waals surface area contributed by atoms with Gasteiger partial charge in [0.25, 0.3) is 5.91 Å². The number of hydrogen-bond donors (Lipinski definition) is 2. The van der Waals surface area contributed by atoms with E-state index in [-0.39, 0.29) is 5.91 Å². The van der Waals surface area contributed by atoms with Crippen molar-refractivity contribution < 1.29 is 19.4 Å². The fraction of sp³-hybridized carbons (Fsp3) is 0.294. The second kappa shape index (κ2) is 7.00. The number of anilines is 1. The highest BCUT2D eigenvalue weighted by atomic mass is 16.5. The minimum absolute atomic E-state index is 0.169. The number of nitrogens with one attached hydrogen (secondary N) is 1. The highest BCUT2D eigenvalue weighted by Gasteiger charge is 2.15. The maximum absolute atomic E-state index is 12.4. The van der Waals surface area contributed by atoms with Crippen LogP contribution in [0.15, 0.2) is 30.3 Å². The van der Waals surface area contributed by atoms with Gasteiger partial charge in [-0.2, -0.15) is 0 Å². The fourth-order valence-corrected chi connectivity index (χ4v) is 2.50. The number of nitrogens with zero attached hydrogens (tertiary/aromatic N) is 1. The Morgan fingerprint density at radius 1 is 1.22 bits per heavy atom. The Kier molecular flexibility index (Phi) is 5.05. The summed E-state index contributed by atoms with van der Waals surface area (Å²) in [4.78, 5) is 22.8. The number of aryl methyl sites for hydroxylation is 1. The fourth-order valence-electron chi connectivity index (χ4n) is 2.50. The molecule has 0 aliphatic rings. The number of rotatable bonds is 6. The van der Waals surface area contributed by atoms with Crippen LogP contribution in [0.25, 0.3) is 0 Å². The molecule has 2 aromatic rings. The molecule has 6 nitrogen and oxygen atoms in total. The lowest BCUT2D eigenvalue weighted by molar-refractivity contribution is -0.139. The standard InChI is InChI=1S/C17H20N2O4/c1-4-19-11(2)9-15(12(19)3)17(22)18-13-5-7-14(8-6-13)23-10-16(20)21/h5-9H,4,10H2,1-3H3,(H,18,22)(H,20,21). The molecule has 0 fully saturated rings. The zero-order valence-corrected chi connectivity index (χ0v) is 13.4. The third-order valence-corrected chi connectivity index (χ3v) is 3.61. The molecule has 2 rings (SSSR count). The van der Waals surface area contributed by atoms with Gasteiger partial charge in [-0.15, -0.1) is 0 Å². The molecule has 0 radical (unpaired) electrons. The van der Waals surface area contributed by atoms with E-state index in [0.29, 0.717) is 17.0 Å². The molecule has 0 aliphatic heterocycles. The highest BCUT2D eigenvalue weighted by Crippen LogP contribution is 2.19. The van der Waals surface area contributed by atoms with Crippen LogP contribution in [0.3, 0.4) is 0 Å². The Morgan fingerprint density at radius 3 is 2.39 bits per heavy atom. The van der Waals surface area contributed by atoms with Crippen molar-refractivity contribution >= 4 is 17.6 Å². The van der Waals surface area contributed by atoms with E-state index < -0.39 is 12.6 Å². The van der Waals surface area contributed by atoms with Crippen molar-refractivity contribution in [3.63, 3.8) is 0 Å². The minimum Gasteiger partial charge on any atom is -0.482 e. The van der Waals surface area contributed by atoms with Crippen molar-refractivity contribution in [3.05, 3.63) is 47.3 Å². The van der Waals surface area contributed by atoms with Crippen LogP contribution >= 0.6 is 0 Å². The Hall–Kier alpha value is -2.76. The number of carboxylic acid groups (broad SMARTS) is 1. The number of benzene rings is 1. The third kappa shape index (κ3) is 3.91. The summed E-state index contributed by atoms with van der Waals surface area (Å²) in [5.41, 5.74) is 3.26. The van der Waals surface area contributed by atoms with E-state index >= 15 is 0 Å². The van der Waals surface area contributed by atoms with Crippen LogP contribution in [0, 0.1) is 13.8 Å². The number of aromatic nitrogens is 1. The summed E-state index contributed by atoms with van der Waals surface area (Å²) in [6.45, 7) is 6.36. The van der Waals surface area contributed by atoms with Crippen LogP contribution in [-0.2, 0) is 11.3 Å². The SMILES string of the molecule is CCn1c(C)cc(C(=O)Nc2ccc(OCC(=O)O)cc2)c1C. The van der Waals surface area contributed by atoms with E-state index in [9.17, 15) is 9.59 Å². The second-order valence-electron chi connectivity index (χ2n) is 5.19. The number of amides is 1. The molecule has 1 heterocycles. The average molecular weight is 316 g/mol. The smallest absolute Gasteiger partial charge is 0.341 e. The molecule has 2 N–H and O–H groups in total. The number of carboxylic acids is 1. The molecule has 0 saturated carbocycles.